The van der Waals surface area contributed by atoms with Crippen molar-refractivity contribution in [1.82, 2.24) is 0 Å². The third kappa shape index (κ3) is 5.85. The molecule has 0 aromatic heterocycles. The van der Waals surface area contributed by atoms with Gasteiger partial charge in [0.2, 0.25) is 0 Å². The lowest BCUT2D eigenvalue weighted by Gasteiger charge is -2.12. The van der Waals surface area contributed by atoms with E-state index in [1.54, 1.807) is 36.4 Å². The fraction of sp³-hybridized carbons (Fsp3) is 0. The van der Waals surface area contributed by atoms with Crippen molar-refractivity contribution in [3.05, 3.63) is 162 Å². The highest BCUT2D eigenvalue weighted by Crippen LogP contribution is 2.26. The Hall–Kier alpha value is -6.27. The predicted octanol–water partition coefficient (Wildman–Crippen LogP) is 8.80. The first-order chi connectivity index (χ1) is 22.0. The fourth-order valence-electron chi connectivity index (χ4n) is 5.20. The van der Waals surface area contributed by atoms with Gasteiger partial charge in [0, 0.05) is 0 Å². The van der Waals surface area contributed by atoms with E-state index < -0.39 is 17.9 Å². The third-order valence-corrected chi connectivity index (χ3v) is 7.49. The molecule has 0 spiro atoms. The van der Waals surface area contributed by atoms with Crippen molar-refractivity contribution < 1.29 is 28.6 Å². The summed E-state index contributed by atoms with van der Waals surface area (Å²) in [6.07, 6.45) is 0. The fourth-order valence-corrected chi connectivity index (χ4v) is 5.20. The van der Waals surface area contributed by atoms with E-state index in [0.717, 1.165) is 32.3 Å². The maximum absolute atomic E-state index is 13.6. The van der Waals surface area contributed by atoms with Crippen LogP contribution < -0.4 is 14.2 Å². The second-order valence-corrected chi connectivity index (χ2v) is 10.5. The molecule has 0 amide bonds. The van der Waals surface area contributed by atoms with E-state index in [1.807, 2.05) is 91.0 Å². The third-order valence-electron chi connectivity index (χ3n) is 7.49. The summed E-state index contributed by atoms with van der Waals surface area (Å²) in [5.74, 6) is -1.34. The minimum atomic E-state index is -0.823. The molecule has 0 saturated carbocycles. The van der Waals surface area contributed by atoms with Crippen LogP contribution in [0.3, 0.4) is 0 Å². The Morgan fingerprint density at radius 1 is 0.333 bits per heavy atom. The minimum Gasteiger partial charge on any atom is -0.423 e. The number of carbonyl (C=O) groups is 3. The summed E-state index contributed by atoms with van der Waals surface area (Å²) < 4.78 is 17.0. The lowest BCUT2D eigenvalue weighted by molar-refractivity contribution is 0.0690. The summed E-state index contributed by atoms with van der Waals surface area (Å²) in [5.41, 5.74) is -0.131. The standard InChI is InChI=1S/C39H24O6/c40-37(43-32-17-13-25-7-1-4-10-28(25)21-32)31-16-20-35(38(41)44-33-18-14-26-8-2-5-11-29(26)22-33)36(24-31)39(42)45-34-19-15-27-9-3-6-12-30(27)23-34/h1-24H. The van der Waals surface area contributed by atoms with Crippen molar-refractivity contribution >= 4 is 50.2 Å². The quantitative estimate of drug-likeness (QED) is 0.143. The Bertz CT molecular complexity index is 2270. The highest BCUT2D eigenvalue weighted by atomic mass is 16.5. The van der Waals surface area contributed by atoms with E-state index in [-0.39, 0.29) is 22.4 Å². The largest absolute Gasteiger partial charge is 0.423 e. The smallest absolute Gasteiger partial charge is 0.344 e. The molecule has 0 aliphatic rings. The first-order valence-electron chi connectivity index (χ1n) is 14.3. The van der Waals surface area contributed by atoms with Crippen molar-refractivity contribution in [2.24, 2.45) is 0 Å². The van der Waals surface area contributed by atoms with Crippen molar-refractivity contribution in [1.29, 1.82) is 0 Å². The lowest BCUT2D eigenvalue weighted by Crippen LogP contribution is -2.19. The lowest BCUT2D eigenvalue weighted by atomic mass is 10.0. The molecule has 0 saturated heterocycles. The molecule has 0 aliphatic carbocycles. The van der Waals surface area contributed by atoms with Crippen LogP contribution in [0.2, 0.25) is 0 Å². The SMILES string of the molecule is O=C(Oc1ccc2ccccc2c1)c1ccc(C(=O)Oc2ccc3ccccc3c2)c(C(=O)Oc2ccc3ccccc3c2)c1. The van der Waals surface area contributed by atoms with Crippen LogP contribution in [-0.2, 0) is 0 Å². The molecule has 0 atom stereocenters. The molecule has 0 aliphatic heterocycles. The number of hydrogen-bond donors (Lipinski definition) is 0. The average molecular weight is 589 g/mol. The van der Waals surface area contributed by atoms with Gasteiger partial charge in [0.05, 0.1) is 16.7 Å². The van der Waals surface area contributed by atoms with E-state index in [0.29, 0.717) is 11.5 Å². The van der Waals surface area contributed by atoms with Gasteiger partial charge in [-0.25, -0.2) is 14.4 Å². The molecule has 7 aromatic rings. The Balaban J connectivity index is 1.21. The summed E-state index contributed by atoms with van der Waals surface area (Å²) in [4.78, 5) is 40.3. The number of fused-ring (bicyclic) bond motifs is 3. The molecule has 0 N–H and O–H groups in total. The Labute approximate surface area is 258 Å². The molecule has 0 fully saturated rings. The number of rotatable bonds is 6. The molecule has 6 heteroatoms. The van der Waals surface area contributed by atoms with Crippen LogP contribution in [0.15, 0.2) is 146 Å². The minimum absolute atomic E-state index is 0.0591. The van der Waals surface area contributed by atoms with Crippen LogP contribution in [0.5, 0.6) is 17.2 Å². The molecule has 0 bridgehead atoms. The molecular formula is C39H24O6. The van der Waals surface area contributed by atoms with E-state index in [4.69, 9.17) is 14.2 Å². The zero-order valence-corrected chi connectivity index (χ0v) is 23.8. The highest BCUT2D eigenvalue weighted by Gasteiger charge is 2.24. The molecule has 0 heterocycles. The summed E-state index contributed by atoms with van der Waals surface area (Å²) in [6, 6.07) is 43.0. The van der Waals surface area contributed by atoms with Gasteiger partial charge in [-0.15, -0.1) is 0 Å². The Morgan fingerprint density at radius 2 is 0.711 bits per heavy atom. The van der Waals surface area contributed by atoms with Gasteiger partial charge < -0.3 is 14.2 Å². The Morgan fingerprint density at radius 3 is 1.16 bits per heavy atom. The highest BCUT2D eigenvalue weighted by molar-refractivity contribution is 6.07. The number of hydrogen-bond acceptors (Lipinski definition) is 6. The average Bonchev–Trinajstić information content (AvgIpc) is 3.07. The molecule has 216 valence electrons. The van der Waals surface area contributed by atoms with Crippen LogP contribution in [0.1, 0.15) is 31.1 Å². The van der Waals surface area contributed by atoms with Crippen molar-refractivity contribution in [2.75, 3.05) is 0 Å². The number of ether oxygens (including phenoxy) is 3. The van der Waals surface area contributed by atoms with Crippen molar-refractivity contribution in [3.8, 4) is 17.2 Å². The normalized spacial score (nSPS) is 10.9. The second kappa shape index (κ2) is 11.8. The molecule has 7 aromatic carbocycles. The van der Waals surface area contributed by atoms with Gasteiger partial charge in [-0.2, -0.15) is 0 Å². The molecule has 0 unspecified atom stereocenters. The van der Waals surface area contributed by atoms with Gasteiger partial charge in [0.1, 0.15) is 17.2 Å². The van der Waals surface area contributed by atoms with Gasteiger partial charge in [-0.05, 0) is 86.9 Å². The summed E-state index contributed by atoms with van der Waals surface area (Å²) >= 11 is 0. The molecule has 6 nitrogen and oxygen atoms in total. The van der Waals surface area contributed by atoms with Crippen LogP contribution in [0.25, 0.3) is 32.3 Å². The van der Waals surface area contributed by atoms with E-state index in [2.05, 4.69) is 0 Å². The molecule has 45 heavy (non-hydrogen) atoms. The molecular weight excluding hydrogens is 564 g/mol. The summed E-state index contributed by atoms with van der Waals surface area (Å²) in [7, 11) is 0. The molecule has 7 rings (SSSR count). The maximum Gasteiger partial charge on any atom is 0.344 e. The number of benzene rings is 7. The van der Waals surface area contributed by atoms with E-state index >= 15 is 0 Å². The first kappa shape index (κ1) is 27.6. The first-order valence-corrected chi connectivity index (χ1v) is 14.3. The van der Waals surface area contributed by atoms with Crippen molar-refractivity contribution in [2.45, 2.75) is 0 Å². The maximum atomic E-state index is 13.6. The number of carbonyl (C=O) groups excluding carboxylic acids is 3. The van der Waals surface area contributed by atoms with Crippen molar-refractivity contribution in [3.63, 3.8) is 0 Å². The van der Waals surface area contributed by atoms with Crippen LogP contribution in [0, 0.1) is 0 Å². The molecule has 0 radical (unpaired) electrons. The summed E-state index contributed by atoms with van der Waals surface area (Å²) in [5, 5.41) is 5.66. The second-order valence-electron chi connectivity index (χ2n) is 10.5. The van der Waals surface area contributed by atoms with Gasteiger partial charge in [-0.3, -0.25) is 0 Å². The van der Waals surface area contributed by atoms with Gasteiger partial charge in [0.25, 0.3) is 0 Å². The predicted molar refractivity (Wildman–Crippen MR) is 173 cm³/mol. The summed E-state index contributed by atoms with van der Waals surface area (Å²) in [6.45, 7) is 0. The van der Waals surface area contributed by atoms with Crippen LogP contribution in [0.4, 0.5) is 0 Å². The van der Waals surface area contributed by atoms with Gasteiger partial charge >= 0.3 is 17.9 Å². The van der Waals surface area contributed by atoms with E-state index in [1.165, 1.54) is 18.2 Å². The number of esters is 3. The zero-order valence-electron chi connectivity index (χ0n) is 23.8. The monoisotopic (exact) mass is 588 g/mol. The van der Waals surface area contributed by atoms with Crippen LogP contribution >= 0.6 is 0 Å². The van der Waals surface area contributed by atoms with E-state index in [9.17, 15) is 14.4 Å². The zero-order chi connectivity index (χ0) is 30.8. The van der Waals surface area contributed by atoms with Crippen LogP contribution in [-0.4, -0.2) is 17.9 Å². The Kier molecular flexibility index (Phi) is 7.21. The topological polar surface area (TPSA) is 78.9 Å². The van der Waals surface area contributed by atoms with Gasteiger partial charge in [0.15, 0.2) is 0 Å². The van der Waals surface area contributed by atoms with Gasteiger partial charge in [-0.1, -0.05) is 91.0 Å².